The third-order valence-corrected chi connectivity index (χ3v) is 4.44. The first-order valence-corrected chi connectivity index (χ1v) is 7.34. The number of amides is 1. The lowest BCUT2D eigenvalue weighted by molar-refractivity contribution is -0.198. The van der Waals surface area contributed by atoms with Gasteiger partial charge in [0.05, 0.1) is 0 Å². The Balaban J connectivity index is 2.54. The summed E-state index contributed by atoms with van der Waals surface area (Å²) in [6.45, 7) is 3.07. The summed E-state index contributed by atoms with van der Waals surface area (Å²) in [5.41, 5.74) is -0.567. The van der Waals surface area contributed by atoms with Gasteiger partial charge in [-0.2, -0.15) is 13.2 Å². The Morgan fingerprint density at radius 1 is 1.26 bits per heavy atom. The molecule has 0 spiro atoms. The van der Waals surface area contributed by atoms with Crippen LogP contribution in [0.15, 0.2) is 24.3 Å². The summed E-state index contributed by atoms with van der Waals surface area (Å²) in [6, 6.07) is 5.94. The van der Waals surface area contributed by atoms with Gasteiger partial charge in [-0.1, -0.05) is 31.2 Å². The number of benzene rings is 1. The first-order chi connectivity index (χ1) is 10.6. The van der Waals surface area contributed by atoms with E-state index in [1.807, 2.05) is 0 Å². The van der Waals surface area contributed by atoms with E-state index < -0.39 is 29.6 Å². The van der Waals surface area contributed by atoms with Gasteiger partial charge in [0.15, 0.2) is 0 Å². The van der Waals surface area contributed by atoms with Gasteiger partial charge in [0.1, 0.15) is 5.54 Å². The number of hydrogen-bond acceptors (Lipinski definition) is 2. The summed E-state index contributed by atoms with van der Waals surface area (Å²) in [4.78, 5) is 24.4. The highest BCUT2D eigenvalue weighted by atomic mass is 19.4. The molecule has 1 N–H and O–H groups in total. The summed E-state index contributed by atoms with van der Waals surface area (Å²) in [7, 11) is 0. The van der Waals surface area contributed by atoms with Crippen molar-refractivity contribution >= 4 is 11.9 Å². The molecular weight excluding hydrogens is 311 g/mol. The van der Waals surface area contributed by atoms with Gasteiger partial charge in [-0.05, 0) is 24.5 Å². The predicted octanol–water partition coefficient (Wildman–Crippen LogP) is 2.80. The monoisotopic (exact) mass is 329 g/mol. The molecule has 1 aromatic carbocycles. The zero-order chi connectivity index (χ0) is 17.4. The number of rotatable bonds is 4. The number of carbonyl (C=O) groups is 2. The second kappa shape index (κ2) is 5.86. The number of nitrogens with zero attached hydrogens (tertiary/aromatic N) is 1. The van der Waals surface area contributed by atoms with Crippen molar-refractivity contribution in [3.8, 4) is 0 Å². The molecule has 0 saturated carbocycles. The lowest BCUT2D eigenvalue weighted by Gasteiger charge is -2.42. The zero-order valence-corrected chi connectivity index (χ0v) is 12.9. The summed E-state index contributed by atoms with van der Waals surface area (Å²) >= 11 is 0. The quantitative estimate of drug-likeness (QED) is 0.924. The Bertz CT molecular complexity index is 602. The van der Waals surface area contributed by atoms with Crippen LogP contribution in [0.4, 0.5) is 13.2 Å². The Morgan fingerprint density at radius 2 is 1.74 bits per heavy atom. The van der Waals surface area contributed by atoms with Gasteiger partial charge in [0.2, 0.25) is 0 Å². The fourth-order valence-electron chi connectivity index (χ4n) is 3.16. The molecule has 23 heavy (non-hydrogen) atoms. The number of alkyl halides is 3. The highest BCUT2D eigenvalue weighted by Crippen LogP contribution is 2.39. The highest BCUT2D eigenvalue weighted by molar-refractivity contribution is 5.91. The van der Waals surface area contributed by atoms with Crippen molar-refractivity contribution in [1.29, 1.82) is 0 Å². The molecule has 126 valence electrons. The van der Waals surface area contributed by atoms with Gasteiger partial charge < -0.3 is 10.0 Å². The van der Waals surface area contributed by atoms with E-state index >= 15 is 0 Å². The van der Waals surface area contributed by atoms with Crippen LogP contribution in [0.5, 0.6) is 0 Å². The Morgan fingerprint density at radius 3 is 2.09 bits per heavy atom. The van der Waals surface area contributed by atoms with Crippen LogP contribution in [-0.4, -0.2) is 39.6 Å². The van der Waals surface area contributed by atoms with Crippen LogP contribution in [0.25, 0.3) is 0 Å². The van der Waals surface area contributed by atoms with Crippen LogP contribution < -0.4 is 0 Å². The summed E-state index contributed by atoms with van der Waals surface area (Å²) in [5.74, 6) is -3.51. The van der Waals surface area contributed by atoms with Crippen LogP contribution in [0.1, 0.15) is 31.4 Å². The normalized spacial score (nSPS) is 17.4. The van der Waals surface area contributed by atoms with Crippen molar-refractivity contribution in [2.45, 2.75) is 50.9 Å². The molecule has 0 aliphatic heterocycles. The van der Waals surface area contributed by atoms with E-state index in [9.17, 15) is 27.9 Å². The Kier molecular flexibility index (Phi) is 4.41. The minimum absolute atomic E-state index is 0.120. The fourth-order valence-corrected chi connectivity index (χ4v) is 3.16. The summed E-state index contributed by atoms with van der Waals surface area (Å²) < 4.78 is 39.1. The van der Waals surface area contributed by atoms with Gasteiger partial charge in [-0.3, -0.25) is 4.79 Å². The maximum atomic E-state index is 13.0. The number of carboxylic acids is 1. The van der Waals surface area contributed by atoms with Gasteiger partial charge in [0, 0.05) is 18.9 Å². The van der Waals surface area contributed by atoms with Crippen LogP contribution in [0, 0.1) is 0 Å². The van der Waals surface area contributed by atoms with Crippen molar-refractivity contribution in [1.82, 2.24) is 4.90 Å². The molecule has 0 saturated heterocycles. The smallest absolute Gasteiger partial charge is 0.471 e. The predicted molar refractivity (Wildman–Crippen MR) is 76.9 cm³/mol. The van der Waals surface area contributed by atoms with E-state index in [0.717, 1.165) is 0 Å². The lowest BCUT2D eigenvalue weighted by Crippen LogP contribution is -2.63. The molecule has 1 aromatic rings. The minimum Gasteiger partial charge on any atom is -0.479 e. The molecule has 0 bridgehead atoms. The molecule has 0 fully saturated rings. The van der Waals surface area contributed by atoms with Crippen LogP contribution in [-0.2, 0) is 22.4 Å². The number of aliphatic carboxylic acids is 1. The van der Waals surface area contributed by atoms with Gasteiger partial charge in [-0.25, -0.2) is 4.79 Å². The van der Waals surface area contributed by atoms with Crippen molar-refractivity contribution in [2.24, 2.45) is 0 Å². The number of carboxylic acid groups (broad SMARTS) is 1. The first-order valence-electron chi connectivity index (χ1n) is 7.34. The van der Waals surface area contributed by atoms with Crippen molar-refractivity contribution in [2.75, 3.05) is 0 Å². The standard InChI is InChI=1S/C16H18F3NO3/c1-3-10(2)20(13(21)16(17,18)19)15(14(22)23)8-11-6-4-5-7-12(11)9-15/h4-7,10H,3,8-9H2,1-2H3,(H,22,23). The number of fused-ring (bicyclic) bond motifs is 1. The molecule has 2 rings (SSSR count). The van der Waals surface area contributed by atoms with Gasteiger partial charge in [0.25, 0.3) is 0 Å². The van der Waals surface area contributed by atoms with E-state index in [2.05, 4.69) is 0 Å². The third kappa shape index (κ3) is 2.92. The van der Waals surface area contributed by atoms with Gasteiger partial charge in [-0.15, -0.1) is 0 Å². The van der Waals surface area contributed by atoms with Gasteiger partial charge >= 0.3 is 18.1 Å². The molecule has 1 aliphatic carbocycles. The molecule has 7 heteroatoms. The first kappa shape index (κ1) is 17.3. The van der Waals surface area contributed by atoms with E-state index in [1.165, 1.54) is 6.92 Å². The van der Waals surface area contributed by atoms with E-state index in [4.69, 9.17) is 0 Å². The van der Waals surface area contributed by atoms with Crippen molar-refractivity contribution < 1.29 is 27.9 Å². The van der Waals surface area contributed by atoms with Crippen molar-refractivity contribution in [3.63, 3.8) is 0 Å². The summed E-state index contributed by atoms with van der Waals surface area (Å²) in [6.07, 6.45) is -5.12. The fraction of sp³-hybridized carbons (Fsp3) is 0.500. The average Bonchev–Trinajstić information content (AvgIpc) is 2.86. The molecule has 1 atom stereocenters. The van der Waals surface area contributed by atoms with E-state index in [1.54, 1.807) is 31.2 Å². The SMILES string of the molecule is CCC(C)N(C(=O)C(F)(F)F)C1(C(=O)O)Cc2ccccc2C1. The van der Waals surface area contributed by atoms with Crippen LogP contribution in [0.2, 0.25) is 0 Å². The number of hydrogen-bond donors (Lipinski definition) is 1. The number of halogens is 3. The van der Waals surface area contributed by atoms with Crippen LogP contribution in [0.3, 0.4) is 0 Å². The van der Waals surface area contributed by atoms with Crippen molar-refractivity contribution in [3.05, 3.63) is 35.4 Å². The topological polar surface area (TPSA) is 57.6 Å². The summed E-state index contributed by atoms with van der Waals surface area (Å²) in [5, 5.41) is 9.70. The molecule has 1 aliphatic rings. The maximum Gasteiger partial charge on any atom is 0.471 e. The second-order valence-corrected chi connectivity index (χ2v) is 5.89. The highest BCUT2D eigenvalue weighted by Gasteiger charge is 2.57. The minimum atomic E-state index is -5.11. The Hall–Kier alpha value is -2.05. The second-order valence-electron chi connectivity index (χ2n) is 5.89. The molecule has 1 amide bonds. The van der Waals surface area contributed by atoms with Crippen LogP contribution >= 0.6 is 0 Å². The maximum absolute atomic E-state index is 13.0. The molecule has 1 unspecified atom stereocenters. The Labute approximate surface area is 131 Å². The van der Waals surface area contributed by atoms with E-state index in [-0.39, 0.29) is 19.3 Å². The average molecular weight is 329 g/mol. The van der Waals surface area contributed by atoms with E-state index in [0.29, 0.717) is 16.0 Å². The molecular formula is C16H18F3NO3. The zero-order valence-electron chi connectivity index (χ0n) is 12.9. The third-order valence-electron chi connectivity index (χ3n) is 4.44. The molecule has 4 nitrogen and oxygen atoms in total. The molecule has 0 aromatic heterocycles. The molecule has 0 radical (unpaired) electrons. The number of carbonyl (C=O) groups excluding carboxylic acids is 1. The largest absolute Gasteiger partial charge is 0.479 e. The molecule has 0 heterocycles. The lowest BCUT2D eigenvalue weighted by atomic mass is 9.90.